The summed E-state index contributed by atoms with van der Waals surface area (Å²) in [7, 11) is 0. The van der Waals surface area contributed by atoms with Gasteiger partial charge in [-0.2, -0.15) is 0 Å². The standard InChI is InChI=1S/C21H29N3O/c1-2-3-4-5-6-10-15-23-16-13-21(14-17-23)20(25)22-18-24(21)19-11-8-7-9-12-19/h7-9,11-12H,2-3,6,10,13-18H2,1H3,(H,22,25). The van der Waals surface area contributed by atoms with Crippen LogP contribution in [0.1, 0.15) is 45.4 Å². The number of hydrogen-bond donors (Lipinski definition) is 1. The van der Waals surface area contributed by atoms with Crippen LogP contribution in [-0.4, -0.2) is 42.6 Å². The van der Waals surface area contributed by atoms with Crippen LogP contribution in [-0.2, 0) is 4.79 Å². The number of nitrogens with zero attached hydrogens (tertiary/aromatic N) is 2. The van der Waals surface area contributed by atoms with Crippen LogP contribution in [0.25, 0.3) is 0 Å². The number of likely N-dealkylation sites (tertiary alicyclic amines) is 1. The molecule has 1 amide bonds. The molecule has 25 heavy (non-hydrogen) atoms. The fourth-order valence-corrected chi connectivity index (χ4v) is 3.87. The summed E-state index contributed by atoms with van der Waals surface area (Å²) in [6.07, 6.45) is 6.05. The molecule has 2 fully saturated rings. The lowest BCUT2D eigenvalue weighted by Crippen LogP contribution is -2.56. The van der Waals surface area contributed by atoms with E-state index >= 15 is 0 Å². The average molecular weight is 339 g/mol. The van der Waals surface area contributed by atoms with Crippen LogP contribution < -0.4 is 10.2 Å². The molecule has 2 saturated heterocycles. The number of benzene rings is 1. The Balaban J connectivity index is 1.54. The van der Waals surface area contributed by atoms with Crippen LogP contribution in [0.5, 0.6) is 0 Å². The van der Waals surface area contributed by atoms with Gasteiger partial charge in [-0.05, 0) is 44.4 Å². The second-order valence-corrected chi connectivity index (χ2v) is 7.01. The highest BCUT2D eigenvalue weighted by atomic mass is 16.2. The highest BCUT2D eigenvalue weighted by Gasteiger charge is 2.50. The van der Waals surface area contributed by atoms with E-state index in [1.165, 1.54) is 0 Å². The monoisotopic (exact) mass is 339 g/mol. The van der Waals surface area contributed by atoms with Crippen LogP contribution in [0.4, 0.5) is 5.69 Å². The van der Waals surface area contributed by atoms with Crippen LogP contribution >= 0.6 is 0 Å². The molecule has 0 saturated carbocycles. The third-order valence-corrected chi connectivity index (χ3v) is 5.36. The Hall–Kier alpha value is -1.99. The lowest BCUT2D eigenvalue weighted by molar-refractivity contribution is -0.125. The summed E-state index contributed by atoms with van der Waals surface area (Å²) in [5.74, 6) is 6.67. The number of carbonyl (C=O) groups is 1. The van der Waals surface area contributed by atoms with E-state index in [9.17, 15) is 4.79 Å². The van der Waals surface area contributed by atoms with Crippen molar-refractivity contribution < 1.29 is 4.79 Å². The molecule has 2 heterocycles. The van der Waals surface area contributed by atoms with Gasteiger partial charge in [-0.1, -0.05) is 25.1 Å². The lowest BCUT2D eigenvalue weighted by atomic mass is 9.85. The zero-order valence-electron chi connectivity index (χ0n) is 15.3. The maximum atomic E-state index is 12.6. The van der Waals surface area contributed by atoms with Gasteiger partial charge in [0.1, 0.15) is 5.54 Å². The van der Waals surface area contributed by atoms with Crippen molar-refractivity contribution in [3.05, 3.63) is 30.3 Å². The lowest BCUT2D eigenvalue weighted by Gasteiger charge is -2.43. The molecule has 2 aliphatic rings. The molecule has 0 radical (unpaired) electrons. The van der Waals surface area contributed by atoms with Crippen molar-refractivity contribution >= 4 is 11.6 Å². The maximum absolute atomic E-state index is 12.6. The molecular weight excluding hydrogens is 310 g/mol. The summed E-state index contributed by atoms with van der Waals surface area (Å²) < 4.78 is 0. The van der Waals surface area contributed by atoms with Gasteiger partial charge in [0.15, 0.2) is 0 Å². The summed E-state index contributed by atoms with van der Waals surface area (Å²) in [6.45, 7) is 5.84. The molecule has 134 valence electrons. The predicted molar refractivity (Wildman–Crippen MR) is 102 cm³/mol. The zero-order valence-corrected chi connectivity index (χ0v) is 15.3. The van der Waals surface area contributed by atoms with Gasteiger partial charge < -0.3 is 15.1 Å². The highest BCUT2D eigenvalue weighted by molar-refractivity contribution is 5.93. The number of rotatable bonds is 5. The third kappa shape index (κ3) is 3.99. The molecular formula is C21H29N3O. The fourth-order valence-electron chi connectivity index (χ4n) is 3.87. The summed E-state index contributed by atoms with van der Waals surface area (Å²) in [6, 6.07) is 10.3. The molecule has 0 aromatic heterocycles. The van der Waals surface area contributed by atoms with Crippen molar-refractivity contribution in [2.45, 2.75) is 51.0 Å². The topological polar surface area (TPSA) is 35.6 Å². The molecule has 0 bridgehead atoms. The number of unbranched alkanes of at least 4 members (excludes halogenated alkanes) is 2. The molecule has 1 spiro atoms. The molecule has 1 N–H and O–H groups in total. The van der Waals surface area contributed by atoms with Crippen molar-refractivity contribution in [2.24, 2.45) is 0 Å². The molecule has 0 atom stereocenters. The van der Waals surface area contributed by atoms with E-state index in [-0.39, 0.29) is 11.4 Å². The average Bonchev–Trinajstić information content (AvgIpc) is 2.96. The number of amides is 1. The highest BCUT2D eigenvalue weighted by Crippen LogP contribution is 2.36. The van der Waals surface area contributed by atoms with Gasteiger partial charge in [0.25, 0.3) is 0 Å². The van der Waals surface area contributed by atoms with Crippen molar-refractivity contribution in [3.63, 3.8) is 0 Å². The number of piperidine rings is 1. The predicted octanol–water partition coefficient (Wildman–Crippen LogP) is 3.00. The second-order valence-electron chi connectivity index (χ2n) is 7.01. The van der Waals surface area contributed by atoms with Crippen LogP contribution in [0.2, 0.25) is 0 Å². The number of carbonyl (C=O) groups excluding carboxylic acids is 1. The van der Waals surface area contributed by atoms with Crippen molar-refractivity contribution in [1.82, 2.24) is 10.2 Å². The van der Waals surface area contributed by atoms with Gasteiger partial charge in [-0.15, -0.1) is 11.8 Å². The van der Waals surface area contributed by atoms with Gasteiger partial charge in [-0.3, -0.25) is 4.79 Å². The second kappa shape index (κ2) is 8.40. The van der Waals surface area contributed by atoms with Crippen molar-refractivity contribution in [2.75, 3.05) is 31.2 Å². The van der Waals surface area contributed by atoms with E-state index in [1.54, 1.807) is 0 Å². The van der Waals surface area contributed by atoms with E-state index < -0.39 is 0 Å². The Bertz CT molecular complexity index is 624. The summed E-state index contributed by atoms with van der Waals surface area (Å²) in [4.78, 5) is 17.4. The van der Waals surface area contributed by atoms with E-state index in [2.05, 4.69) is 46.0 Å². The minimum Gasteiger partial charge on any atom is -0.339 e. The third-order valence-electron chi connectivity index (χ3n) is 5.36. The van der Waals surface area contributed by atoms with Gasteiger partial charge in [0.05, 0.1) is 6.67 Å². The Morgan fingerprint density at radius 1 is 1.12 bits per heavy atom. The first-order chi connectivity index (χ1) is 12.3. The smallest absolute Gasteiger partial charge is 0.247 e. The van der Waals surface area contributed by atoms with E-state index in [0.717, 1.165) is 63.8 Å². The van der Waals surface area contributed by atoms with Crippen LogP contribution in [0.3, 0.4) is 0 Å². The van der Waals surface area contributed by atoms with Crippen LogP contribution in [0, 0.1) is 11.8 Å². The van der Waals surface area contributed by atoms with Crippen molar-refractivity contribution in [3.8, 4) is 11.8 Å². The SMILES string of the molecule is CCCC#CCCCN1CCC2(CC1)C(=O)NCN2c1ccccc1. The molecule has 3 rings (SSSR count). The normalized spacial score (nSPS) is 19.6. The number of nitrogens with one attached hydrogen (secondary N) is 1. The van der Waals surface area contributed by atoms with Gasteiger partial charge >= 0.3 is 0 Å². The minimum atomic E-state index is -0.362. The van der Waals surface area contributed by atoms with Crippen molar-refractivity contribution in [1.29, 1.82) is 0 Å². The first kappa shape index (κ1) is 17.8. The Kier molecular flexibility index (Phi) is 5.99. The van der Waals surface area contributed by atoms with E-state index in [4.69, 9.17) is 0 Å². The van der Waals surface area contributed by atoms with Gasteiger partial charge in [0, 0.05) is 31.6 Å². The molecule has 1 aromatic carbocycles. The first-order valence-corrected chi connectivity index (χ1v) is 9.55. The van der Waals surface area contributed by atoms with E-state index in [1.807, 2.05) is 18.2 Å². The Labute approximate surface area is 151 Å². The molecule has 1 aromatic rings. The Morgan fingerprint density at radius 2 is 1.84 bits per heavy atom. The largest absolute Gasteiger partial charge is 0.339 e. The van der Waals surface area contributed by atoms with Gasteiger partial charge in [-0.25, -0.2) is 0 Å². The first-order valence-electron chi connectivity index (χ1n) is 9.55. The van der Waals surface area contributed by atoms with Gasteiger partial charge in [0.2, 0.25) is 5.91 Å². The summed E-state index contributed by atoms with van der Waals surface area (Å²) in [5.41, 5.74) is 0.777. The Morgan fingerprint density at radius 3 is 2.56 bits per heavy atom. The number of para-hydroxylation sites is 1. The molecule has 0 unspecified atom stereocenters. The zero-order chi connectivity index (χ0) is 17.5. The van der Waals surface area contributed by atoms with Crippen LogP contribution in [0.15, 0.2) is 30.3 Å². The molecule has 2 aliphatic heterocycles. The molecule has 0 aliphatic carbocycles. The summed E-state index contributed by atoms with van der Waals surface area (Å²) >= 11 is 0. The minimum absolute atomic E-state index is 0.196. The quantitative estimate of drug-likeness (QED) is 0.662. The molecule has 4 nitrogen and oxygen atoms in total. The summed E-state index contributed by atoms with van der Waals surface area (Å²) in [5, 5.41) is 3.07. The van der Waals surface area contributed by atoms with E-state index in [0.29, 0.717) is 6.67 Å². The fraction of sp³-hybridized carbons (Fsp3) is 0.571. The molecule has 4 heteroatoms. The number of hydrogen-bond acceptors (Lipinski definition) is 3. The number of anilines is 1. The maximum Gasteiger partial charge on any atom is 0.247 e.